The van der Waals surface area contributed by atoms with Crippen molar-refractivity contribution in [2.75, 3.05) is 24.6 Å². The monoisotopic (exact) mass is 405 g/mol. The highest BCUT2D eigenvalue weighted by Crippen LogP contribution is 2.21. The predicted molar refractivity (Wildman–Crippen MR) is 107 cm³/mol. The van der Waals surface area contributed by atoms with Gasteiger partial charge < -0.3 is 20.3 Å². The summed E-state index contributed by atoms with van der Waals surface area (Å²) in [7, 11) is 0. The molecule has 1 aliphatic heterocycles. The molecule has 1 saturated heterocycles. The maximum atomic E-state index is 12.6. The van der Waals surface area contributed by atoms with Gasteiger partial charge in [-0.25, -0.2) is 4.79 Å². The van der Waals surface area contributed by atoms with Crippen LogP contribution in [0.15, 0.2) is 29.4 Å². The predicted octanol–water partition coefficient (Wildman–Crippen LogP) is 1.14. The number of hydrogen-bond donors (Lipinski definition) is 4. The number of rotatable bonds is 10. The van der Waals surface area contributed by atoms with Gasteiger partial charge in [-0.05, 0) is 30.5 Å². The lowest BCUT2D eigenvalue weighted by Gasteiger charge is -2.17. The Hall–Kier alpha value is -3.14. The van der Waals surface area contributed by atoms with Crippen LogP contribution in [0.4, 0.5) is 10.5 Å². The Morgan fingerprint density at radius 1 is 1.34 bits per heavy atom. The van der Waals surface area contributed by atoms with Crippen molar-refractivity contribution in [3.05, 3.63) is 29.8 Å². The van der Waals surface area contributed by atoms with Crippen molar-refractivity contribution in [1.29, 1.82) is 0 Å². The van der Waals surface area contributed by atoms with Gasteiger partial charge in [-0.2, -0.15) is 10.7 Å². The van der Waals surface area contributed by atoms with Gasteiger partial charge in [0.05, 0.1) is 19.2 Å². The lowest BCUT2D eigenvalue weighted by Crippen LogP contribution is -2.46. The van der Waals surface area contributed by atoms with Crippen molar-refractivity contribution in [2.24, 2.45) is 5.10 Å². The number of carbonyl (C=O) groups excluding carboxylic acids is 3. The van der Waals surface area contributed by atoms with E-state index in [4.69, 9.17) is 9.94 Å². The lowest BCUT2D eigenvalue weighted by atomic mass is 10.2. The van der Waals surface area contributed by atoms with Gasteiger partial charge in [-0.3, -0.25) is 14.8 Å². The van der Waals surface area contributed by atoms with Gasteiger partial charge in [0.2, 0.25) is 5.91 Å². The zero-order valence-corrected chi connectivity index (χ0v) is 16.4. The summed E-state index contributed by atoms with van der Waals surface area (Å²) in [4.78, 5) is 37.7. The number of urea groups is 1. The highest BCUT2D eigenvalue weighted by Gasteiger charge is 2.33. The van der Waals surface area contributed by atoms with Crippen molar-refractivity contribution < 1.29 is 24.3 Å². The van der Waals surface area contributed by atoms with E-state index in [9.17, 15) is 14.4 Å². The summed E-state index contributed by atoms with van der Waals surface area (Å²) in [6.07, 6.45) is 3.77. The zero-order chi connectivity index (χ0) is 21.1. The van der Waals surface area contributed by atoms with Crippen LogP contribution in [-0.4, -0.2) is 55.1 Å². The van der Waals surface area contributed by atoms with Crippen LogP contribution in [0.1, 0.15) is 38.2 Å². The first-order chi connectivity index (χ1) is 14.0. The second-order valence-corrected chi connectivity index (χ2v) is 6.51. The number of hydrogen-bond acceptors (Lipinski definition) is 7. The van der Waals surface area contributed by atoms with E-state index in [2.05, 4.69) is 15.7 Å². The fourth-order valence-corrected chi connectivity index (χ4v) is 2.80. The SMILES string of the molecule is CCCCOC(=O)CCNC(=O)N[C@H]1CCN(c2ccc(C=NNO)cc2)C1=O. The van der Waals surface area contributed by atoms with Crippen molar-refractivity contribution in [1.82, 2.24) is 16.2 Å². The number of hydrazone groups is 1. The summed E-state index contributed by atoms with van der Waals surface area (Å²) in [5, 5.41) is 17.2. The van der Waals surface area contributed by atoms with E-state index in [-0.39, 0.29) is 24.8 Å². The van der Waals surface area contributed by atoms with E-state index in [0.29, 0.717) is 25.3 Å². The summed E-state index contributed by atoms with van der Waals surface area (Å²) in [5.74, 6) is -0.553. The quantitative estimate of drug-likeness (QED) is 0.200. The van der Waals surface area contributed by atoms with Gasteiger partial charge in [-0.1, -0.05) is 25.5 Å². The molecule has 4 N–H and O–H groups in total. The summed E-state index contributed by atoms with van der Waals surface area (Å²) < 4.78 is 5.01. The van der Waals surface area contributed by atoms with Gasteiger partial charge in [0.15, 0.2) is 0 Å². The number of carbonyl (C=O) groups is 3. The molecule has 0 aromatic heterocycles. The molecular formula is C19H27N5O5. The third kappa shape index (κ3) is 7.07. The number of esters is 1. The first-order valence-corrected chi connectivity index (χ1v) is 9.58. The Morgan fingerprint density at radius 2 is 2.10 bits per heavy atom. The number of benzene rings is 1. The molecule has 1 aromatic carbocycles. The van der Waals surface area contributed by atoms with Crippen LogP contribution < -0.4 is 21.1 Å². The maximum absolute atomic E-state index is 12.6. The first kappa shape index (κ1) is 22.2. The second-order valence-electron chi connectivity index (χ2n) is 6.51. The molecule has 0 unspecified atom stereocenters. The zero-order valence-electron chi connectivity index (χ0n) is 16.4. The molecule has 0 radical (unpaired) electrons. The number of nitrogens with one attached hydrogen (secondary N) is 3. The van der Waals surface area contributed by atoms with E-state index in [1.54, 1.807) is 34.8 Å². The molecule has 0 bridgehead atoms. The highest BCUT2D eigenvalue weighted by molar-refractivity contribution is 6.01. The Morgan fingerprint density at radius 3 is 2.79 bits per heavy atom. The Bertz CT molecular complexity index is 722. The maximum Gasteiger partial charge on any atom is 0.315 e. The molecule has 1 heterocycles. The second kappa shape index (κ2) is 11.6. The average Bonchev–Trinajstić information content (AvgIpc) is 3.07. The summed E-state index contributed by atoms with van der Waals surface area (Å²) >= 11 is 0. The molecule has 1 fully saturated rings. The summed E-state index contributed by atoms with van der Waals surface area (Å²) in [6, 6.07) is 5.94. The Balaban J connectivity index is 1.75. The molecule has 29 heavy (non-hydrogen) atoms. The molecule has 10 heteroatoms. The number of ether oxygens (including phenoxy) is 1. The molecule has 1 aliphatic rings. The number of anilines is 1. The van der Waals surface area contributed by atoms with Crippen LogP contribution in [0.2, 0.25) is 0 Å². The standard InChI is InChI=1S/C19H27N5O5/c1-2-3-12-29-17(25)8-10-20-19(27)22-16-9-11-24(18(16)26)15-6-4-14(5-7-15)13-21-23-28/h4-7,13,16,23,28H,2-3,8-12H2,1H3,(H2,20,22,27)/t16-/m0/s1. The first-order valence-electron chi connectivity index (χ1n) is 9.58. The molecule has 0 saturated carbocycles. The Labute approximate surface area is 169 Å². The van der Waals surface area contributed by atoms with E-state index >= 15 is 0 Å². The number of amides is 3. The van der Waals surface area contributed by atoms with Crippen LogP contribution in [0.25, 0.3) is 0 Å². The fourth-order valence-electron chi connectivity index (χ4n) is 2.80. The molecule has 10 nitrogen and oxygen atoms in total. The molecule has 158 valence electrons. The minimum atomic E-state index is -0.619. The smallest absolute Gasteiger partial charge is 0.315 e. The van der Waals surface area contributed by atoms with Gasteiger partial charge in [0.25, 0.3) is 0 Å². The van der Waals surface area contributed by atoms with E-state index in [1.165, 1.54) is 6.21 Å². The largest absolute Gasteiger partial charge is 0.466 e. The van der Waals surface area contributed by atoms with Gasteiger partial charge in [-0.15, -0.1) is 0 Å². The normalized spacial score (nSPS) is 16.1. The van der Waals surface area contributed by atoms with Crippen molar-refractivity contribution in [3.63, 3.8) is 0 Å². The van der Waals surface area contributed by atoms with Crippen LogP contribution in [-0.2, 0) is 14.3 Å². The topological polar surface area (TPSA) is 132 Å². The van der Waals surface area contributed by atoms with E-state index in [1.807, 2.05) is 6.92 Å². The molecule has 2 rings (SSSR count). The lowest BCUT2D eigenvalue weighted by molar-refractivity contribution is -0.143. The number of nitrogens with zero attached hydrogens (tertiary/aromatic N) is 2. The average molecular weight is 405 g/mol. The molecule has 3 amide bonds. The van der Waals surface area contributed by atoms with E-state index < -0.39 is 12.1 Å². The molecule has 0 spiro atoms. The third-order valence-electron chi connectivity index (χ3n) is 4.36. The van der Waals surface area contributed by atoms with Crippen LogP contribution in [0, 0.1) is 0 Å². The highest BCUT2D eigenvalue weighted by atomic mass is 16.5. The fraction of sp³-hybridized carbons (Fsp3) is 0.474. The summed E-state index contributed by atoms with van der Waals surface area (Å²) in [6.45, 7) is 3.03. The van der Waals surface area contributed by atoms with E-state index in [0.717, 1.165) is 18.4 Å². The van der Waals surface area contributed by atoms with Crippen molar-refractivity contribution >= 4 is 29.8 Å². The van der Waals surface area contributed by atoms with Crippen LogP contribution in [0.3, 0.4) is 0 Å². The Kier molecular flexibility index (Phi) is 8.90. The molecular weight excluding hydrogens is 378 g/mol. The molecule has 1 aromatic rings. The molecule has 1 atom stereocenters. The van der Waals surface area contributed by atoms with Gasteiger partial charge in [0.1, 0.15) is 6.04 Å². The van der Waals surface area contributed by atoms with Crippen LogP contribution >= 0.6 is 0 Å². The minimum absolute atomic E-state index is 0.0866. The van der Waals surface area contributed by atoms with Gasteiger partial charge >= 0.3 is 12.0 Å². The van der Waals surface area contributed by atoms with Crippen LogP contribution in [0.5, 0.6) is 0 Å². The van der Waals surface area contributed by atoms with Crippen molar-refractivity contribution in [3.8, 4) is 0 Å². The third-order valence-corrected chi connectivity index (χ3v) is 4.36. The molecule has 0 aliphatic carbocycles. The minimum Gasteiger partial charge on any atom is -0.466 e. The van der Waals surface area contributed by atoms with Gasteiger partial charge in [0, 0.05) is 18.8 Å². The number of unbranched alkanes of at least 4 members (excludes halogenated alkanes) is 1. The summed E-state index contributed by atoms with van der Waals surface area (Å²) in [5.41, 5.74) is 3.15. The van der Waals surface area contributed by atoms with Crippen molar-refractivity contribution in [2.45, 2.75) is 38.6 Å².